The topological polar surface area (TPSA) is 226 Å². The van der Waals surface area contributed by atoms with Gasteiger partial charge in [-0.3, -0.25) is 0 Å². The molecule has 11 N–H and O–H groups in total. The van der Waals surface area contributed by atoms with Gasteiger partial charge >= 0.3 is 0 Å². The Kier molecular flexibility index (Phi) is 78.2. The minimum Gasteiger partial charge on any atom is -0.412 e. The van der Waals surface area contributed by atoms with Crippen molar-refractivity contribution in [2.45, 2.75) is 0 Å². The van der Waals surface area contributed by atoms with E-state index in [0.29, 0.717) is 0 Å². The minimum atomic E-state index is -0.150. The summed E-state index contributed by atoms with van der Waals surface area (Å²) in [4.78, 5) is -0.150. The summed E-state index contributed by atoms with van der Waals surface area (Å²) in [6.07, 6.45) is 0. The van der Waals surface area contributed by atoms with Crippen LogP contribution in [0.25, 0.3) is 0 Å². The molecule has 0 aromatic heterocycles. The van der Waals surface area contributed by atoms with Crippen molar-refractivity contribution in [1.29, 1.82) is 0 Å². The Morgan fingerprint density at radius 1 is 0.833 bits per heavy atom. The van der Waals surface area contributed by atoms with E-state index in [1.165, 1.54) is 0 Å². The summed E-state index contributed by atoms with van der Waals surface area (Å²) in [7, 11) is 0. The largest absolute Gasteiger partial charge is 0.412 e. The maximum absolute atomic E-state index is 7.35. The van der Waals surface area contributed by atoms with Gasteiger partial charge in [0.25, 0.3) is 0 Å². The van der Waals surface area contributed by atoms with E-state index in [9.17, 15) is 0 Å². The molecule has 0 radical (unpaired) electrons. The van der Waals surface area contributed by atoms with Crippen LogP contribution in [0.1, 0.15) is 0 Å². The van der Waals surface area contributed by atoms with Crippen LogP contribution in [-0.4, -0.2) is 42.7 Å². The highest BCUT2D eigenvalue weighted by molar-refractivity contribution is 2.93. The molecular weight excluding hydrogens is 192 g/mol. The van der Waals surface area contributed by atoms with Crippen molar-refractivity contribution in [3.63, 3.8) is 0 Å². The minimum absolute atomic E-state index is 0. The lowest BCUT2D eigenvalue weighted by atomic mass is 14.1. The molecule has 0 heterocycles. The van der Waals surface area contributed by atoms with Crippen LogP contribution in [0.4, 0.5) is 0 Å². The van der Waals surface area contributed by atoms with Gasteiger partial charge in [0.1, 0.15) is 0 Å². The summed E-state index contributed by atoms with van der Waals surface area (Å²) < 4.78 is 0. The first-order chi connectivity index (χ1) is 4.18. The van der Waals surface area contributed by atoms with Crippen LogP contribution >= 0.6 is 0 Å². The molecule has 0 unspecified atom stereocenters. The van der Waals surface area contributed by atoms with Gasteiger partial charge in [0, 0.05) is 5.04 Å². The third-order valence-electron chi connectivity index (χ3n) is 0.0913. The maximum atomic E-state index is 7.35. The first-order valence-electron chi connectivity index (χ1n) is 1.25. The Morgan fingerprint density at radius 3 is 1.08 bits per heavy atom. The highest BCUT2D eigenvalue weighted by Gasteiger charge is 2.01. The van der Waals surface area contributed by atoms with Gasteiger partial charge < -0.3 is 16.4 Å². The summed E-state index contributed by atoms with van der Waals surface area (Å²) in [6, 6.07) is 0. The van der Waals surface area contributed by atoms with Crippen molar-refractivity contribution >= 4 is 0 Å². The lowest BCUT2D eigenvalue weighted by Crippen LogP contribution is -2.03. The molecule has 0 fully saturated rings. The van der Waals surface area contributed by atoms with Crippen LogP contribution in [0.15, 0.2) is 0 Å². The normalized spacial score (nSPS) is 6.50. The Bertz CT molecular complexity index is 29.0. The van der Waals surface area contributed by atoms with Crippen molar-refractivity contribution in [3.8, 4) is 0 Å². The first kappa shape index (κ1) is 30.0. The second-order valence-electron chi connectivity index (χ2n) is 0.455. The second kappa shape index (κ2) is 31.3. The average Bonchev–Trinajstić information content (AvgIpc) is 1.67. The maximum Gasteiger partial charge on any atom is 0.195 e. The lowest BCUT2D eigenvalue weighted by Gasteiger charge is -1.81. The van der Waals surface area contributed by atoms with Crippen molar-refractivity contribution in [2.75, 3.05) is 0 Å². The lowest BCUT2D eigenvalue weighted by molar-refractivity contribution is -0.885. The Hall–Kier alpha value is -0.480. The SMILES string of the molecule is O.O.O.OOO.OOO[O+](O)O. The first-order valence-corrected chi connectivity index (χ1v) is 1.25. The van der Waals surface area contributed by atoms with Gasteiger partial charge in [0.15, 0.2) is 9.86 Å². The van der Waals surface area contributed by atoms with Gasteiger partial charge in [0.05, 0.1) is 0 Å². The van der Waals surface area contributed by atoms with Crippen LogP contribution in [0.2, 0.25) is 0 Å². The molecule has 0 saturated carbocycles. The zero-order chi connectivity index (χ0) is 7.70. The highest BCUT2D eigenvalue weighted by Crippen LogP contribution is 1.79. The van der Waals surface area contributed by atoms with E-state index >= 15 is 0 Å². The zero-order valence-corrected chi connectivity index (χ0v) is 5.37. The van der Waals surface area contributed by atoms with E-state index in [1.807, 2.05) is 0 Å². The average molecular weight is 203 g/mol. The van der Waals surface area contributed by atoms with Crippen LogP contribution < -0.4 is 0 Å². The van der Waals surface area contributed by atoms with E-state index in [4.69, 9.17) is 26.3 Å². The highest BCUT2D eigenvalue weighted by atomic mass is 17.9. The van der Waals surface area contributed by atoms with Crippen LogP contribution in [0.3, 0.4) is 0 Å². The molecule has 0 amide bonds. The fourth-order valence-electron chi connectivity index (χ4n) is 0.0272. The molecule has 0 aromatic rings. The fraction of sp³-hybridized carbons (Fsp3) is 0. The molecule has 0 spiro atoms. The molecule has 0 rings (SSSR count). The molecule has 0 saturated heterocycles. The number of hydrogen-bond donors (Lipinski definition) is 5. The van der Waals surface area contributed by atoms with Crippen LogP contribution in [0.5, 0.6) is 0 Å². The van der Waals surface area contributed by atoms with Crippen molar-refractivity contribution in [1.82, 2.24) is 0 Å². The number of hydrogen-bond acceptors (Lipinski definition) is 8. The van der Waals surface area contributed by atoms with Gasteiger partial charge in [-0.2, -0.15) is 0 Å². The molecule has 12 heavy (non-hydrogen) atoms. The molecule has 12 heteroatoms. The monoisotopic (exact) mass is 203 g/mol. The Morgan fingerprint density at radius 2 is 1.08 bits per heavy atom. The predicted octanol–water partition coefficient (Wildman–Crippen LogP) is -2.70. The van der Waals surface area contributed by atoms with E-state index in [0.717, 1.165) is 0 Å². The van der Waals surface area contributed by atoms with Gasteiger partial charge in [-0.25, -0.2) is 15.8 Å². The second-order valence-corrected chi connectivity index (χ2v) is 0.455. The fourth-order valence-corrected chi connectivity index (χ4v) is 0.0272. The number of rotatable bonds is 2. The summed E-state index contributed by atoms with van der Waals surface area (Å²) in [5.74, 6) is 0. The van der Waals surface area contributed by atoms with Crippen LogP contribution in [-0.2, 0) is 19.9 Å². The third-order valence-corrected chi connectivity index (χ3v) is 0.0913. The Labute approximate surface area is 64.1 Å². The molecule has 12 nitrogen and oxygen atoms in total. The molecule has 0 bridgehead atoms. The van der Waals surface area contributed by atoms with E-state index < -0.39 is 0 Å². The smallest absolute Gasteiger partial charge is 0.195 e. The molecule has 0 aliphatic rings. The van der Waals surface area contributed by atoms with Crippen molar-refractivity contribution in [2.24, 2.45) is 0 Å². The van der Waals surface area contributed by atoms with Gasteiger partial charge in [-0.05, 0) is 10.5 Å². The van der Waals surface area contributed by atoms with Crippen LogP contribution in [0, 0.1) is 0 Å². The summed E-state index contributed by atoms with van der Waals surface area (Å²) >= 11 is 0. The van der Waals surface area contributed by atoms with Crippen molar-refractivity contribution < 1.29 is 62.6 Å². The molecule has 0 atom stereocenters. The zero-order valence-electron chi connectivity index (χ0n) is 5.37. The Balaban J connectivity index is -0.0000000246. The molecular formula is H11O12+. The quantitative estimate of drug-likeness (QED) is 0.179. The molecule has 0 aliphatic carbocycles. The van der Waals surface area contributed by atoms with E-state index in [-0.39, 0.29) is 21.2 Å². The molecule has 0 aliphatic heterocycles. The van der Waals surface area contributed by atoms with Gasteiger partial charge in [-0.1, -0.05) is 5.04 Å². The van der Waals surface area contributed by atoms with E-state index in [2.05, 4.69) is 15.1 Å². The standard InChI is InChI=1S/H2O6.H2O3.3H2O/c1-4-5-6(2)3;1-3-2;;;/h2-3H;1-2H;3*1H2/p+1. The van der Waals surface area contributed by atoms with Gasteiger partial charge in [-0.15, -0.1) is 0 Å². The molecule has 0 aromatic carbocycles. The summed E-state index contributed by atoms with van der Waals surface area (Å²) in [6.45, 7) is 0. The van der Waals surface area contributed by atoms with Gasteiger partial charge in [0.2, 0.25) is 0 Å². The summed E-state index contributed by atoms with van der Waals surface area (Å²) in [5, 5.41) is 43.0. The third kappa shape index (κ3) is 109. The van der Waals surface area contributed by atoms with E-state index in [1.54, 1.807) is 0 Å². The van der Waals surface area contributed by atoms with Crippen molar-refractivity contribution in [3.05, 3.63) is 0 Å². The molecule has 82 valence electrons. The summed E-state index contributed by atoms with van der Waals surface area (Å²) in [5.41, 5.74) is 0. The predicted molar refractivity (Wildman–Crippen MR) is 28.3 cm³/mol.